The van der Waals surface area contributed by atoms with Crippen LogP contribution in [0.2, 0.25) is 0 Å². The summed E-state index contributed by atoms with van der Waals surface area (Å²) in [5.41, 5.74) is 4.28. The molecule has 0 saturated carbocycles. The first kappa shape index (κ1) is 50.9. The summed E-state index contributed by atoms with van der Waals surface area (Å²) in [4.78, 5) is 87.8. The van der Waals surface area contributed by atoms with Crippen LogP contribution in [0.25, 0.3) is 11.2 Å². The van der Waals surface area contributed by atoms with E-state index in [0.29, 0.717) is 12.2 Å². The number of anilines is 1. The number of hydrogen-bond donors (Lipinski definition) is 9. The highest BCUT2D eigenvalue weighted by molar-refractivity contribution is 8.13. The van der Waals surface area contributed by atoms with Crippen LogP contribution in [0.1, 0.15) is 84.8 Å². The standard InChI is InChI=1S/C31H54N7O17P3S/c1-4-5-6-7-8-9-10-11-22(40)59-15-14-33-21(39)12-13-34-29(43)26(42)31(2,3)17-52-58(49,50)55-57(47,48)51-16-20-25(54-56(44,45)46)24(41)30(53-20)38-19-37-23-27(32)35-18-36-28(23)38/h18-20,24-26,30,41-42H,4-17H2,1-3H3,(H,33,39)(H,34,43)(H,47,48)(H,49,50)(H2,32,35,36)(H2,44,45,46)/t20-,24?,25-,26?,30-/m1/s1. The Bertz CT molecular complexity index is 1850. The quantitative estimate of drug-likeness (QED) is 0.0455. The van der Waals surface area contributed by atoms with E-state index < -0.39 is 84.6 Å². The second-order valence-corrected chi connectivity index (χ2v) is 19.5. The molecule has 4 unspecified atom stereocenters. The smallest absolute Gasteiger partial charge is 0.386 e. The largest absolute Gasteiger partial charge is 0.481 e. The Labute approximate surface area is 344 Å². The number of hydrogen-bond acceptors (Lipinski definition) is 18. The summed E-state index contributed by atoms with van der Waals surface area (Å²) < 4.78 is 62.2. The normalized spacial score (nSPS) is 21.2. The number of phosphoric acid groups is 3. The van der Waals surface area contributed by atoms with Crippen LogP contribution in [-0.2, 0) is 50.7 Å². The van der Waals surface area contributed by atoms with Gasteiger partial charge in [0.1, 0.15) is 36.3 Å². The van der Waals surface area contributed by atoms with Crippen molar-refractivity contribution in [3.05, 3.63) is 12.7 Å². The van der Waals surface area contributed by atoms with E-state index in [1.54, 1.807) is 0 Å². The van der Waals surface area contributed by atoms with Crippen LogP contribution in [0.4, 0.5) is 5.82 Å². The lowest BCUT2D eigenvalue weighted by Crippen LogP contribution is -2.46. The molecule has 0 aromatic carbocycles. The van der Waals surface area contributed by atoms with Crippen molar-refractivity contribution in [3.63, 3.8) is 0 Å². The lowest BCUT2D eigenvalue weighted by Gasteiger charge is -2.30. The summed E-state index contributed by atoms with van der Waals surface area (Å²) in [5.74, 6) is -1.03. The van der Waals surface area contributed by atoms with E-state index in [4.69, 9.17) is 19.5 Å². The molecule has 1 aliphatic heterocycles. The Hall–Kier alpha value is -2.44. The van der Waals surface area contributed by atoms with Crippen LogP contribution >= 0.6 is 35.2 Å². The van der Waals surface area contributed by atoms with E-state index in [0.717, 1.165) is 48.2 Å². The van der Waals surface area contributed by atoms with E-state index in [-0.39, 0.29) is 41.6 Å². The van der Waals surface area contributed by atoms with Gasteiger partial charge in [-0.25, -0.2) is 28.6 Å². The molecule has 7 atom stereocenters. The Balaban J connectivity index is 1.42. The SMILES string of the molecule is CCCCCCCCCC(=O)SCCNC(=O)CCNC(=O)C(O)C(C)(C)COP(=O)(O)OP(=O)(O)OC[C@H]1O[C@@H](n2cnc3c(N)ncnc32)C(O)[C@@H]1OP(=O)(O)O. The highest BCUT2D eigenvalue weighted by Gasteiger charge is 2.50. The minimum absolute atomic E-state index is 0.0329. The van der Waals surface area contributed by atoms with Crippen LogP contribution in [0.3, 0.4) is 0 Å². The number of nitrogens with one attached hydrogen (secondary N) is 2. The van der Waals surface area contributed by atoms with Gasteiger partial charge >= 0.3 is 23.5 Å². The molecule has 1 fully saturated rings. The molecule has 2 aromatic rings. The van der Waals surface area contributed by atoms with Crippen molar-refractivity contribution in [1.82, 2.24) is 30.2 Å². The van der Waals surface area contributed by atoms with Crippen molar-refractivity contribution in [3.8, 4) is 0 Å². The Morgan fingerprint density at radius 2 is 1.63 bits per heavy atom. The van der Waals surface area contributed by atoms with Crippen molar-refractivity contribution in [2.24, 2.45) is 5.41 Å². The number of amides is 2. The molecule has 0 radical (unpaired) electrons. The number of phosphoric ester groups is 3. The predicted molar refractivity (Wildman–Crippen MR) is 210 cm³/mol. The van der Waals surface area contributed by atoms with E-state index >= 15 is 0 Å². The molecule has 28 heteroatoms. The number of fused-ring (bicyclic) bond motifs is 1. The molecular formula is C31H54N7O17P3S. The van der Waals surface area contributed by atoms with Crippen LogP contribution in [-0.4, -0.2) is 123 Å². The van der Waals surface area contributed by atoms with Gasteiger partial charge in [-0.3, -0.25) is 32.5 Å². The molecule has 1 saturated heterocycles. The topological polar surface area (TPSA) is 364 Å². The number of ether oxygens (including phenoxy) is 1. The number of unbranched alkanes of at least 4 members (excludes halogenated alkanes) is 6. The third kappa shape index (κ3) is 17.1. The number of aliphatic hydroxyl groups excluding tert-OH is 2. The van der Waals surface area contributed by atoms with Crippen LogP contribution in [0, 0.1) is 5.41 Å². The van der Waals surface area contributed by atoms with Crippen molar-refractivity contribution < 1.29 is 80.5 Å². The fraction of sp³-hybridized carbons (Fsp3) is 0.742. The average molecular weight is 922 g/mol. The van der Waals surface area contributed by atoms with Gasteiger partial charge in [0.25, 0.3) is 0 Å². The Morgan fingerprint density at radius 3 is 2.31 bits per heavy atom. The molecule has 336 valence electrons. The summed E-state index contributed by atoms with van der Waals surface area (Å²) in [6.07, 6.45) is 1.35. The van der Waals surface area contributed by atoms with Gasteiger partial charge in [0, 0.05) is 37.1 Å². The highest BCUT2D eigenvalue weighted by Crippen LogP contribution is 2.61. The molecule has 24 nitrogen and oxygen atoms in total. The molecule has 1 aliphatic rings. The monoisotopic (exact) mass is 921 g/mol. The maximum absolute atomic E-state index is 12.7. The van der Waals surface area contributed by atoms with Gasteiger partial charge in [-0.15, -0.1) is 0 Å². The zero-order chi connectivity index (χ0) is 44.0. The van der Waals surface area contributed by atoms with Gasteiger partial charge in [0.05, 0.1) is 19.5 Å². The van der Waals surface area contributed by atoms with Gasteiger partial charge in [-0.05, 0) is 6.42 Å². The molecule has 2 aromatic heterocycles. The number of nitrogen functional groups attached to an aromatic ring is 1. The number of carbonyl (C=O) groups is 3. The summed E-state index contributed by atoms with van der Waals surface area (Å²) in [5, 5.41) is 26.5. The first-order chi connectivity index (χ1) is 27.6. The van der Waals surface area contributed by atoms with Gasteiger partial charge in [-0.2, -0.15) is 4.31 Å². The zero-order valence-corrected chi connectivity index (χ0v) is 36.2. The molecule has 0 aliphatic carbocycles. The van der Waals surface area contributed by atoms with E-state index in [9.17, 15) is 57.9 Å². The predicted octanol–water partition coefficient (Wildman–Crippen LogP) is 1.81. The Morgan fingerprint density at radius 1 is 0.966 bits per heavy atom. The number of aromatic nitrogens is 4. The maximum atomic E-state index is 12.7. The van der Waals surface area contributed by atoms with E-state index in [2.05, 4.69) is 41.3 Å². The van der Waals surface area contributed by atoms with Crippen LogP contribution < -0.4 is 16.4 Å². The lowest BCUT2D eigenvalue weighted by atomic mass is 9.87. The fourth-order valence-corrected chi connectivity index (χ4v) is 9.14. The van der Waals surface area contributed by atoms with Gasteiger partial charge in [0.15, 0.2) is 22.8 Å². The Kier molecular flexibility index (Phi) is 20.0. The van der Waals surface area contributed by atoms with Crippen LogP contribution in [0.5, 0.6) is 0 Å². The van der Waals surface area contributed by atoms with Crippen molar-refractivity contribution in [2.45, 2.75) is 109 Å². The number of thioether (sulfide) groups is 1. The summed E-state index contributed by atoms with van der Waals surface area (Å²) in [6, 6.07) is 0. The summed E-state index contributed by atoms with van der Waals surface area (Å²) in [6.45, 7) is 2.73. The lowest BCUT2D eigenvalue weighted by molar-refractivity contribution is -0.137. The number of rotatable bonds is 27. The second kappa shape index (κ2) is 23.1. The minimum Gasteiger partial charge on any atom is -0.386 e. The molecular weight excluding hydrogens is 867 g/mol. The van der Waals surface area contributed by atoms with E-state index in [1.165, 1.54) is 39.5 Å². The van der Waals surface area contributed by atoms with Crippen LogP contribution in [0.15, 0.2) is 12.7 Å². The summed E-state index contributed by atoms with van der Waals surface area (Å²) >= 11 is 1.14. The van der Waals surface area contributed by atoms with Gasteiger partial charge in [-0.1, -0.05) is 71.1 Å². The third-order valence-electron chi connectivity index (χ3n) is 8.75. The van der Waals surface area contributed by atoms with Crippen molar-refractivity contribution >= 4 is 69.1 Å². The second-order valence-electron chi connectivity index (χ2n) is 14.2. The molecule has 3 rings (SSSR count). The highest BCUT2D eigenvalue weighted by atomic mass is 32.2. The fourth-order valence-electron chi connectivity index (χ4n) is 5.59. The number of nitrogens with two attached hydrogens (primary N) is 1. The molecule has 59 heavy (non-hydrogen) atoms. The first-order valence-corrected chi connectivity index (χ1v) is 24.1. The maximum Gasteiger partial charge on any atom is 0.481 e. The molecule has 0 bridgehead atoms. The minimum atomic E-state index is -5.57. The number of aliphatic hydroxyl groups is 2. The summed E-state index contributed by atoms with van der Waals surface area (Å²) in [7, 11) is -16.4. The van der Waals surface area contributed by atoms with E-state index in [1.807, 2.05) is 0 Å². The van der Waals surface area contributed by atoms with Gasteiger partial charge < -0.3 is 50.9 Å². The number of carbonyl (C=O) groups excluding carboxylic acids is 3. The van der Waals surface area contributed by atoms with Crippen molar-refractivity contribution in [2.75, 3.05) is 37.8 Å². The molecule has 10 N–H and O–H groups in total. The molecule has 0 spiro atoms. The zero-order valence-electron chi connectivity index (χ0n) is 32.7. The van der Waals surface area contributed by atoms with Gasteiger partial charge in [0.2, 0.25) is 11.8 Å². The number of nitrogens with zero attached hydrogens (tertiary/aromatic N) is 4. The number of imidazole rings is 1. The third-order valence-corrected chi connectivity index (χ3v) is 12.8. The van der Waals surface area contributed by atoms with Crippen molar-refractivity contribution in [1.29, 1.82) is 0 Å². The first-order valence-electron chi connectivity index (χ1n) is 18.6. The average Bonchev–Trinajstić information content (AvgIpc) is 3.71. The molecule has 2 amide bonds. The molecule has 3 heterocycles.